The molecule has 0 aliphatic rings. The zero-order valence-corrected chi connectivity index (χ0v) is 8.90. The van der Waals surface area contributed by atoms with E-state index in [0.717, 1.165) is 0 Å². The number of rotatable bonds is 0. The molecule has 0 aromatic heterocycles. The van der Waals surface area contributed by atoms with Gasteiger partial charge in [0.1, 0.15) is 0 Å². The standard InChI is InChI=1S/C2HCl3O2.Ce/c3-2(4,5)1(6)7;/h(H,6,7);. The summed E-state index contributed by atoms with van der Waals surface area (Å²) >= 11 is 14.4. The van der Waals surface area contributed by atoms with E-state index in [1.54, 1.807) is 0 Å². The molecule has 2 nitrogen and oxygen atoms in total. The van der Waals surface area contributed by atoms with Crippen LogP contribution in [0.1, 0.15) is 0 Å². The van der Waals surface area contributed by atoms with E-state index in [-0.39, 0.29) is 41.7 Å². The van der Waals surface area contributed by atoms with Crippen molar-refractivity contribution in [3.63, 3.8) is 0 Å². The average molecular weight is 304 g/mol. The van der Waals surface area contributed by atoms with Crippen LogP contribution in [-0.4, -0.2) is 14.9 Å². The van der Waals surface area contributed by atoms with Crippen molar-refractivity contribution in [2.24, 2.45) is 0 Å². The Morgan fingerprint density at radius 2 is 1.50 bits per heavy atom. The van der Waals surface area contributed by atoms with Crippen LogP contribution in [0, 0.1) is 41.7 Å². The number of carbonyl (C=O) groups is 1. The van der Waals surface area contributed by atoms with E-state index in [1.165, 1.54) is 0 Å². The Balaban J connectivity index is 0. The van der Waals surface area contributed by atoms with Gasteiger partial charge in [0.05, 0.1) is 0 Å². The molecule has 0 atom stereocenters. The summed E-state index contributed by atoms with van der Waals surface area (Å²) in [5.74, 6) is -1.46. The number of halogens is 3. The monoisotopic (exact) mass is 302 g/mol. The van der Waals surface area contributed by atoms with Crippen molar-refractivity contribution in [3.05, 3.63) is 0 Å². The topological polar surface area (TPSA) is 37.3 Å². The van der Waals surface area contributed by atoms with E-state index in [2.05, 4.69) is 0 Å². The minimum atomic E-state index is -2.17. The normalized spacial score (nSPS) is 9.88. The molecule has 0 saturated carbocycles. The number of alkyl halides is 3. The first-order valence-corrected chi connectivity index (χ1v) is 2.38. The second-order valence-electron chi connectivity index (χ2n) is 0.803. The Hall–Kier alpha value is 1.72. The summed E-state index contributed by atoms with van der Waals surface area (Å²) in [4.78, 5) is 9.62. The van der Waals surface area contributed by atoms with Crippen LogP contribution in [0.5, 0.6) is 0 Å². The Bertz CT molecular complexity index is 87.8. The molecule has 1 N–H and O–H groups in total. The maximum atomic E-state index is 9.62. The van der Waals surface area contributed by atoms with Gasteiger partial charge < -0.3 is 5.11 Å². The molecule has 0 rings (SSSR count). The predicted octanol–water partition coefficient (Wildman–Crippen LogP) is 1.44. The van der Waals surface area contributed by atoms with E-state index >= 15 is 0 Å². The van der Waals surface area contributed by atoms with Gasteiger partial charge in [-0.25, -0.2) is 4.79 Å². The maximum Gasteiger partial charge on any atom is 0.356 e. The number of hydrogen-bond donors (Lipinski definition) is 1. The van der Waals surface area contributed by atoms with Crippen LogP contribution in [0.3, 0.4) is 0 Å². The average Bonchev–Trinajstić information content (AvgIpc) is 1.31. The van der Waals surface area contributed by atoms with E-state index < -0.39 is 9.76 Å². The number of carboxylic acid groups (broad SMARTS) is 1. The summed E-state index contributed by atoms with van der Waals surface area (Å²) in [6, 6.07) is 0. The summed E-state index contributed by atoms with van der Waals surface area (Å²) in [6.45, 7) is 0. The fourth-order valence-corrected chi connectivity index (χ4v) is 0. The molecule has 0 aliphatic carbocycles. The van der Waals surface area contributed by atoms with Crippen molar-refractivity contribution in [1.29, 1.82) is 0 Å². The molecular weight excluding hydrogens is 302 g/mol. The smallest absolute Gasteiger partial charge is 0.356 e. The third-order valence-electron chi connectivity index (χ3n) is 0.243. The van der Waals surface area contributed by atoms with Gasteiger partial charge in [0.2, 0.25) is 0 Å². The molecule has 0 saturated heterocycles. The molecule has 0 aromatic rings. The summed E-state index contributed by atoms with van der Waals surface area (Å²) in [7, 11) is 0. The quantitative estimate of drug-likeness (QED) is 0.688. The molecule has 0 aliphatic heterocycles. The summed E-state index contributed by atoms with van der Waals surface area (Å²) in [5.41, 5.74) is 0. The minimum absolute atomic E-state index is 0. The molecule has 6 heteroatoms. The van der Waals surface area contributed by atoms with Crippen LogP contribution in [0.15, 0.2) is 0 Å². The van der Waals surface area contributed by atoms with Gasteiger partial charge in [0.15, 0.2) is 0 Å². The Kier molecular flexibility index (Phi) is 7.00. The van der Waals surface area contributed by atoms with Crippen LogP contribution in [0.2, 0.25) is 0 Å². The molecular formula is C2HCeCl3O2. The van der Waals surface area contributed by atoms with Crippen molar-refractivity contribution < 1.29 is 51.6 Å². The van der Waals surface area contributed by atoms with Gasteiger partial charge in [-0.3, -0.25) is 0 Å². The zero-order valence-electron chi connectivity index (χ0n) is 3.49. The molecule has 8 heavy (non-hydrogen) atoms. The Morgan fingerprint density at radius 3 is 1.50 bits per heavy atom. The first-order chi connectivity index (χ1) is 2.94. The summed E-state index contributed by atoms with van der Waals surface area (Å²) in [6.07, 6.45) is 0. The van der Waals surface area contributed by atoms with E-state index in [0.29, 0.717) is 0 Å². The van der Waals surface area contributed by atoms with E-state index in [9.17, 15) is 4.79 Å². The first-order valence-electron chi connectivity index (χ1n) is 1.24. The molecule has 0 spiro atoms. The van der Waals surface area contributed by atoms with Gasteiger partial charge in [-0.15, -0.1) is 0 Å². The van der Waals surface area contributed by atoms with Gasteiger partial charge in [-0.1, -0.05) is 34.8 Å². The number of carboxylic acids is 1. The number of aliphatic carboxylic acids is 1. The molecule has 0 aromatic carbocycles. The zero-order chi connectivity index (χ0) is 6.08. The molecule has 0 bridgehead atoms. The summed E-state index contributed by atoms with van der Waals surface area (Å²) in [5, 5.41) is 7.85. The van der Waals surface area contributed by atoms with E-state index in [4.69, 9.17) is 39.9 Å². The maximum absolute atomic E-state index is 9.62. The fourth-order valence-electron chi connectivity index (χ4n) is 0. The van der Waals surface area contributed by atoms with Crippen LogP contribution >= 0.6 is 34.8 Å². The van der Waals surface area contributed by atoms with Crippen LogP contribution < -0.4 is 0 Å². The third-order valence-corrected chi connectivity index (χ3v) is 0.728. The molecule has 0 unspecified atom stereocenters. The second kappa shape index (κ2) is 4.52. The van der Waals surface area contributed by atoms with Crippen LogP contribution in [0.25, 0.3) is 0 Å². The van der Waals surface area contributed by atoms with Crippen molar-refractivity contribution in [2.45, 2.75) is 3.79 Å². The van der Waals surface area contributed by atoms with Crippen LogP contribution in [0.4, 0.5) is 0 Å². The van der Waals surface area contributed by atoms with Crippen molar-refractivity contribution in [1.82, 2.24) is 0 Å². The third kappa shape index (κ3) is 5.85. The van der Waals surface area contributed by atoms with Gasteiger partial charge in [0.25, 0.3) is 3.79 Å². The largest absolute Gasteiger partial charge is 0.478 e. The fraction of sp³-hybridized carbons (Fsp3) is 0.500. The number of hydrogen-bond acceptors (Lipinski definition) is 1. The van der Waals surface area contributed by atoms with Gasteiger partial charge in [0, 0.05) is 41.7 Å². The summed E-state index contributed by atoms with van der Waals surface area (Å²) < 4.78 is -2.17. The molecule has 0 amide bonds. The second-order valence-corrected chi connectivity index (χ2v) is 3.08. The van der Waals surface area contributed by atoms with E-state index in [1.807, 2.05) is 0 Å². The van der Waals surface area contributed by atoms with Crippen molar-refractivity contribution in [3.8, 4) is 0 Å². The van der Waals surface area contributed by atoms with Gasteiger partial charge >= 0.3 is 5.97 Å². The van der Waals surface area contributed by atoms with Crippen molar-refractivity contribution in [2.75, 3.05) is 0 Å². The molecule has 0 radical (unpaired) electrons. The molecule has 46 valence electrons. The first kappa shape index (κ1) is 12.4. The van der Waals surface area contributed by atoms with Gasteiger partial charge in [-0.2, -0.15) is 0 Å². The molecule has 0 heterocycles. The Labute approximate surface area is 94.9 Å². The molecule has 0 fully saturated rings. The van der Waals surface area contributed by atoms with Crippen LogP contribution in [-0.2, 0) is 4.79 Å². The van der Waals surface area contributed by atoms with Gasteiger partial charge in [-0.05, 0) is 0 Å². The SMILES string of the molecule is O=C(O)C(Cl)(Cl)Cl.[Ce]. The predicted molar refractivity (Wildman–Crippen MR) is 27.9 cm³/mol. The Morgan fingerprint density at radius 1 is 1.38 bits per heavy atom. The van der Waals surface area contributed by atoms with Crippen molar-refractivity contribution >= 4 is 40.8 Å². The minimum Gasteiger partial charge on any atom is -0.478 e.